The molecule has 182 valence electrons. The molecule has 2 atom stereocenters. The van der Waals surface area contributed by atoms with Crippen LogP contribution in [-0.2, 0) is 17.8 Å². The smallest absolute Gasteiger partial charge is 0.279 e. The zero-order chi connectivity index (χ0) is 24.7. The van der Waals surface area contributed by atoms with Gasteiger partial charge in [0.05, 0.1) is 0 Å². The summed E-state index contributed by atoms with van der Waals surface area (Å²) in [4.78, 5) is 13.6. The van der Waals surface area contributed by atoms with Gasteiger partial charge in [0, 0.05) is 45.7 Å². The van der Waals surface area contributed by atoms with E-state index in [4.69, 9.17) is 16.9 Å². The summed E-state index contributed by atoms with van der Waals surface area (Å²) in [6.07, 6.45) is 3.76. The van der Waals surface area contributed by atoms with Crippen molar-refractivity contribution in [2.24, 2.45) is 11.5 Å². The summed E-state index contributed by atoms with van der Waals surface area (Å²) in [5.74, 6) is -0.317. The number of carbonyl (C=O) groups is 1. The maximum atomic E-state index is 14.8. The molecular weight excluding hydrogens is 506 g/mol. The van der Waals surface area contributed by atoms with Crippen LogP contribution in [0.25, 0.3) is 10.8 Å². The third-order valence-corrected chi connectivity index (χ3v) is 8.20. The molecule has 0 bridgehead atoms. The lowest BCUT2D eigenvalue weighted by molar-refractivity contribution is -0.126. The van der Waals surface area contributed by atoms with Crippen LogP contribution in [0.2, 0.25) is 0 Å². The average Bonchev–Trinajstić information content (AvgIpc) is 3.14. The second-order valence-corrected chi connectivity index (χ2v) is 10.7. The van der Waals surface area contributed by atoms with Gasteiger partial charge >= 0.3 is 0 Å². The highest BCUT2D eigenvalue weighted by atomic mass is 79.9. The number of benzene rings is 3. The van der Waals surface area contributed by atoms with Gasteiger partial charge in [0.1, 0.15) is 18.1 Å². The molecule has 35 heavy (non-hydrogen) atoms. The molecular formula is C27H30BrN5O2. The van der Waals surface area contributed by atoms with E-state index in [2.05, 4.69) is 21.2 Å². The van der Waals surface area contributed by atoms with Crippen molar-refractivity contribution in [2.75, 3.05) is 0 Å². The predicted molar refractivity (Wildman–Crippen MR) is 144 cm³/mol. The summed E-state index contributed by atoms with van der Waals surface area (Å²) in [6.45, 7) is 0.107. The molecule has 7 nitrogen and oxygen atoms in total. The van der Waals surface area contributed by atoms with E-state index in [1.54, 1.807) is 12.1 Å². The molecule has 1 amide bonds. The van der Waals surface area contributed by atoms with Crippen LogP contribution >= 0.6 is 15.9 Å². The van der Waals surface area contributed by atoms with E-state index in [1.807, 2.05) is 42.5 Å². The Kier molecular flexibility index (Phi) is 6.40. The van der Waals surface area contributed by atoms with Crippen molar-refractivity contribution in [3.63, 3.8) is 0 Å². The zero-order valence-corrected chi connectivity index (χ0v) is 21.1. The number of amidine groups is 1. The van der Waals surface area contributed by atoms with E-state index >= 15 is 0 Å². The quantitative estimate of drug-likeness (QED) is 0.169. The fourth-order valence-electron chi connectivity index (χ4n) is 5.53. The summed E-state index contributed by atoms with van der Waals surface area (Å²) < 4.78 is 0.153. The molecule has 8 heteroatoms. The third-order valence-electron chi connectivity index (χ3n) is 7.51. The number of hydroxylamine groups is 2. The maximum absolute atomic E-state index is 14.8. The molecule has 3 aromatic rings. The van der Waals surface area contributed by atoms with Crippen molar-refractivity contribution >= 4 is 44.1 Å². The Morgan fingerprint density at radius 3 is 2.51 bits per heavy atom. The molecule has 6 N–H and O–H groups in total. The van der Waals surface area contributed by atoms with E-state index in [1.165, 1.54) is 0 Å². The SMILES string of the molecule is N=C(N)c1ccc2c(c1)[N+]([O-])(Cc1ccc(Br)c3ccccc13)C(C(=O)NC1CCC(N)CC1)C2. The topological polar surface area (TPSA) is 128 Å². The van der Waals surface area contributed by atoms with Gasteiger partial charge in [0.25, 0.3) is 5.91 Å². The van der Waals surface area contributed by atoms with Crippen LogP contribution in [0.1, 0.15) is 42.4 Å². The molecule has 2 aliphatic rings. The monoisotopic (exact) mass is 535 g/mol. The molecule has 3 aromatic carbocycles. The van der Waals surface area contributed by atoms with Crippen molar-refractivity contribution in [1.82, 2.24) is 9.96 Å². The Balaban J connectivity index is 1.54. The molecule has 0 radical (unpaired) electrons. The van der Waals surface area contributed by atoms with Crippen molar-refractivity contribution < 1.29 is 4.79 Å². The minimum absolute atomic E-state index is 0.0424. The number of halogens is 1. The number of rotatable bonds is 5. The summed E-state index contributed by atoms with van der Waals surface area (Å²) >= 11 is 3.61. The number of hydrogen-bond acceptors (Lipinski definition) is 4. The van der Waals surface area contributed by atoms with E-state index in [-0.39, 0.29) is 30.4 Å². The van der Waals surface area contributed by atoms with Crippen LogP contribution in [0, 0.1) is 10.6 Å². The molecule has 1 aliphatic heterocycles. The minimum Gasteiger partial charge on any atom is -0.627 e. The molecule has 1 saturated carbocycles. The first-order valence-corrected chi connectivity index (χ1v) is 12.8. The second kappa shape index (κ2) is 9.35. The summed E-state index contributed by atoms with van der Waals surface area (Å²) in [5.41, 5.74) is 14.5. The van der Waals surface area contributed by atoms with E-state index in [0.717, 1.165) is 52.1 Å². The lowest BCUT2D eigenvalue weighted by Crippen LogP contribution is -2.57. The lowest BCUT2D eigenvalue weighted by Gasteiger charge is -2.44. The van der Waals surface area contributed by atoms with Crippen LogP contribution in [0.3, 0.4) is 0 Å². The van der Waals surface area contributed by atoms with Crippen LogP contribution in [-0.4, -0.2) is 29.9 Å². The van der Waals surface area contributed by atoms with Gasteiger partial charge in [-0.05, 0) is 42.5 Å². The minimum atomic E-state index is -0.815. The Bertz CT molecular complexity index is 1300. The summed E-state index contributed by atoms with van der Waals surface area (Å²) in [5, 5.41) is 27.8. The molecule has 1 heterocycles. The highest BCUT2D eigenvalue weighted by molar-refractivity contribution is 9.10. The first-order valence-electron chi connectivity index (χ1n) is 12.0. The second-order valence-electron chi connectivity index (χ2n) is 9.80. The van der Waals surface area contributed by atoms with E-state index < -0.39 is 10.7 Å². The van der Waals surface area contributed by atoms with E-state index in [0.29, 0.717) is 17.7 Å². The van der Waals surface area contributed by atoms with Gasteiger partial charge in [0.2, 0.25) is 0 Å². The van der Waals surface area contributed by atoms with Crippen LogP contribution in [0.5, 0.6) is 0 Å². The number of nitrogens with zero attached hydrogens (tertiary/aromatic N) is 1. The lowest BCUT2D eigenvalue weighted by atomic mass is 9.91. The Morgan fingerprint density at radius 1 is 1.09 bits per heavy atom. The van der Waals surface area contributed by atoms with E-state index in [9.17, 15) is 10.0 Å². The van der Waals surface area contributed by atoms with Crippen molar-refractivity contribution in [3.8, 4) is 0 Å². The number of amides is 1. The first kappa shape index (κ1) is 23.9. The largest absolute Gasteiger partial charge is 0.627 e. The molecule has 0 saturated heterocycles. The highest BCUT2D eigenvalue weighted by Crippen LogP contribution is 2.42. The van der Waals surface area contributed by atoms with Crippen molar-refractivity contribution in [2.45, 2.75) is 56.8 Å². The Hall–Kier alpha value is -2.78. The Labute approximate surface area is 213 Å². The summed E-state index contributed by atoms with van der Waals surface area (Å²) in [6, 6.07) is 16.5. The highest BCUT2D eigenvalue weighted by Gasteiger charge is 2.46. The standard InChI is InChI=1S/C27H30BrN5O2/c28-23-12-7-18(21-3-1-2-4-22(21)23)15-33(35)24-14-17(26(30)31)6-5-16(24)13-25(33)27(34)32-20-10-8-19(29)9-11-20/h1-7,12,14,19-20,25H,8-11,13,15,29H2,(H3,30,31)(H,32,34). The normalized spacial score (nSPS) is 25.9. The zero-order valence-electron chi connectivity index (χ0n) is 19.5. The predicted octanol–water partition coefficient (Wildman–Crippen LogP) is 4.20. The van der Waals surface area contributed by atoms with Gasteiger partial charge in [-0.25, -0.2) is 0 Å². The number of hydrogen-bond donors (Lipinski definition) is 4. The number of carbonyl (C=O) groups excluding carboxylic acids is 1. The van der Waals surface area contributed by atoms with Gasteiger partial charge in [-0.15, -0.1) is 0 Å². The maximum Gasteiger partial charge on any atom is 0.279 e. The fourth-order valence-corrected chi connectivity index (χ4v) is 6.01. The van der Waals surface area contributed by atoms with Gasteiger partial charge < -0.3 is 26.6 Å². The molecule has 5 rings (SSSR count). The van der Waals surface area contributed by atoms with Crippen LogP contribution in [0.4, 0.5) is 5.69 Å². The van der Waals surface area contributed by atoms with Gasteiger partial charge in [0.15, 0.2) is 6.04 Å². The fraction of sp³-hybridized carbons (Fsp3) is 0.333. The van der Waals surface area contributed by atoms with Gasteiger partial charge in [-0.1, -0.05) is 58.4 Å². The molecule has 0 spiro atoms. The Morgan fingerprint density at radius 2 is 1.80 bits per heavy atom. The van der Waals surface area contributed by atoms with Gasteiger partial charge in [-0.3, -0.25) is 10.2 Å². The third kappa shape index (κ3) is 4.47. The molecule has 1 aliphatic carbocycles. The number of fused-ring (bicyclic) bond motifs is 2. The van der Waals surface area contributed by atoms with Crippen molar-refractivity contribution in [1.29, 1.82) is 5.41 Å². The summed E-state index contributed by atoms with van der Waals surface area (Å²) in [7, 11) is 0. The van der Waals surface area contributed by atoms with Crippen LogP contribution < -0.4 is 21.4 Å². The van der Waals surface area contributed by atoms with Crippen molar-refractivity contribution in [3.05, 3.63) is 81.0 Å². The number of nitrogen functional groups attached to an aromatic ring is 1. The average molecular weight is 536 g/mol. The molecule has 0 aromatic heterocycles. The number of nitrogens with one attached hydrogen (secondary N) is 2. The number of nitrogens with two attached hydrogens (primary N) is 2. The number of quaternary nitrogens is 1. The molecule has 2 unspecified atom stereocenters. The first-order chi connectivity index (χ1) is 16.8. The van der Waals surface area contributed by atoms with Gasteiger partial charge in [-0.2, -0.15) is 0 Å². The molecule has 1 fully saturated rings. The van der Waals surface area contributed by atoms with Crippen LogP contribution in [0.15, 0.2) is 59.1 Å².